The maximum Gasteiger partial charge on any atom is 0.416 e. The third kappa shape index (κ3) is 4.92. The van der Waals surface area contributed by atoms with Gasteiger partial charge in [0.05, 0.1) is 11.3 Å². The highest BCUT2D eigenvalue weighted by molar-refractivity contribution is 6.31. The smallest absolute Gasteiger partial charge is 0.416 e. The van der Waals surface area contributed by atoms with Crippen molar-refractivity contribution in [3.8, 4) is 22.8 Å². The first-order valence-electron chi connectivity index (χ1n) is 10.1. The average molecular weight is 487 g/mol. The van der Waals surface area contributed by atoms with E-state index in [1.165, 1.54) is 18.2 Å². The Morgan fingerprint density at radius 3 is 2.47 bits per heavy atom. The van der Waals surface area contributed by atoms with E-state index in [4.69, 9.17) is 16.3 Å². The van der Waals surface area contributed by atoms with Crippen LogP contribution in [0.1, 0.15) is 27.3 Å². The molecule has 1 N–H and O–H groups in total. The van der Waals surface area contributed by atoms with Gasteiger partial charge in [-0.1, -0.05) is 29.8 Å². The minimum atomic E-state index is -4.40. The molecule has 0 saturated heterocycles. The van der Waals surface area contributed by atoms with Crippen molar-refractivity contribution >= 4 is 17.6 Å². The molecule has 34 heavy (non-hydrogen) atoms. The number of hydrogen-bond acceptors (Lipinski definition) is 3. The molecule has 0 aliphatic carbocycles. The number of benzene rings is 2. The zero-order chi connectivity index (χ0) is 24.5. The van der Waals surface area contributed by atoms with Gasteiger partial charge in [0.1, 0.15) is 18.2 Å². The van der Waals surface area contributed by atoms with Crippen molar-refractivity contribution in [2.45, 2.75) is 19.7 Å². The summed E-state index contributed by atoms with van der Waals surface area (Å²) < 4.78 is 46.2. The highest BCUT2D eigenvalue weighted by Crippen LogP contribution is 2.36. The molecule has 0 amide bonds. The molecule has 0 fully saturated rings. The summed E-state index contributed by atoms with van der Waals surface area (Å²) in [5.41, 5.74) is 1.83. The summed E-state index contributed by atoms with van der Waals surface area (Å²) in [6, 6.07) is 18.2. The van der Waals surface area contributed by atoms with Crippen LogP contribution in [0.4, 0.5) is 13.2 Å². The van der Waals surface area contributed by atoms with Gasteiger partial charge in [0, 0.05) is 16.3 Å². The molecule has 0 aliphatic heterocycles. The zero-order valence-corrected chi connectivity index (χ0v) is 18.6. The Morgan fingerprint density at radius 2 is 1.79 bits per heavy atom. The van der Waals surface area contributed by atoms with Gasteiger partial charge in [-0.05, 0) is 67.1 Å². The zero-order valence-electron chi connectivity index (χ0n) is 17.8. The lowest BCUT2D eigenvalue weighted by molar-refractivity contribution is -0.137. The van der Waals surface area contributed by atoms with E-state index in [1.54, 1.807) is 34.9 Å². The van der Waals surface area contributed by atoms with E-state index < -0.39 is 17.7 Å². The minimum absolute atomic E-state index is 0.0409. The van der Waals surface area contributed by atoms with Gasteiger partial charge in [-0.25, -0.2) is 9.78 Å². The van der Waals surface area contributed by atoms with Crippen LogP contribution in [0.25, 0.3) is 17.1 Å². The maximum absolute atomic E-state index is 12.8. The number of carboxylic acid groups (broad SMARTS) is 1. The molecule has 0 aliphatic rings. The van der Waals surface area contributed by atoms with Crippen LogP contribution in [0.3, 0.4) is 0 Å². The molecule has 2 aromatic heterocycles. The first kappa shape index (κ1) is 23.4. The number of pyridine rings is 1. The monoisotopic (exact) mass is 486 g/mol. The lowest BCUT2D eigenvalue weighted by Crippen LogP contribution is -2.07. The van der Waals surface area contributed by atoms with Crippen molar-refractivity contribution in [3.63, 3.8) is 0 Å². The number of hydrogen-bond donors (Lipinski definition) is 1. The lowest BCUT2D eigenvalue weighted by atomic mass is 10.1. The number of rotatable bonds is 6. The van der Waals surface area contributed by atoms with Crippen LogP contribution in [-0.4, -0.2) is 20.6 Å². The molecule has 0 spiro atoms. The first-order valence-corrected chi connectivity index (χ1v) is 10.5. The van der Waals surface area contributed by atoms with Gasteiger partial charge in [0.2, 0.25) is 0 Å². The lowest BCUT2D eigenvalue weighted by Gasteiger charge is -2.16. The second-order valence-corrected chi connectivity index (χ2v) is 7.94. The molecule has 9 heteroatoms. The third-order valence-electron chi connectivity index (χ3n) is 5.15. The Bertz CT molecular complexity index is 1350. The van der Waals surface area contributed by atoms with E-state index in [1.807, 2.05) is 19.1 Å². The van der Waals surface area contributed by atoms with Crippen LogP contribution in [0.5, 0.6) is 5.75 Å². The fourth-order valence-electron chi connectivity index (χ4n) is 3.50. The van der Waals surface area contributed by atoms with Crippen molar-refractivity contribution in [2.75, 3.05) is 0 Å². The summed E-state index contributed by atoms with van der Waals surface area (Å²) >= 11 is 6.25. The molecule has 0 saturated carbocycles. The van der Waals surface area contributed by atoms with Crippen LogP contribution in [-0.2, 0) is 12.8 Å². The Labute approximate surface area is 198 Å². The number of carbonyl (C=O) groups is 1. The summed E-state index contributed by atoms with van der Waals surface area (Å²) in [5.74, 6) is -0.277. The summed E-state index contributed by atoms with van der Waals surface area (Å²) in [5, 5.41) is 9.76. The van der Waals surface area contributed by atoms with Crippen LogP contribution in [0.15, 0.2) is 72.8 Å². The second-order valence-electron chi connectivity index (χ2n) is 7.51. The third-order valence-corrected chi connectivity index (χ3v) is 5.39. The van der Waals surface area contributed by atoms with Crippen molar-refractivity contribution < 1.29 is 27.8 Å². The van der Waals surface area contributed by atoms with E-state index in [0.29, 0.717) is 33.4 Å². The number of halogens is 4. The van der Waals surface area contributed by atoms with Gasteiger partial charge in [0.15, 0.2) is 5.69 Å². The number of carboxylic acids is 1. The van der Waals surface area contributed by atoms with Crippen LogP contribution in [0, 0.1) is 6.92 Å². The summed E-state index contributed by atoms with van der Waals surface area (Å²) in [4.78, 5) is 15.6. The number of aromatic carboxylic acids is 1. The fourth-order valence-corrected chi connectivity index (χ4v) is 3.67. The van der Waals surface area contributed by atoms with Gasteiger partial charge >= 0.3 is 12.1 Å². The predicted molar refractivity (Wildman–Crippen MR) is 121 cm³/mol. The highest BCUT2D eigenvalue weighted by Gasteiger charge is 2.30. The normalized spacial score (nSPS) is 11.4. The van der Waals surface area contributed by atoms with Crippen LogP contribution in [0.2, 0.25) is 5.02 Å². The Balaban J connectivity index is 1.69. The largest absolute Gasteiger partial charge is 0.488 e. The molecule has 174 valence electrons. The Kier molecular flexibility index (Phi) is 6.34. The number of aromatic nitrogens is 2. The molecule has 0 atom stereocenters. The molecule has 0 unspecified atom stereocenters. The molecule has 0 radical (unpaired) electrons. The number of ether oxygens (including phenoxy) is 1. The van der Waals surface area contributed by atoms with Crippen LogP contribution < -0.4 is 4.74 Å². The Hall–Kier alpha value is -3.78. The van der Waals surface area contributed by atoms with E-state index in [-0.39, 0.29) is 12.3 Å². The quantitative estimate of drug-likeness (QED) is 0.325. The summed E-state index contributed by atoms with van der Waals surface area (Å²) in [6.45, 7) is 1.89. The van der Waals surface area contributed by atoms with E-state index >= 15 is 0 Å². The number of alkyl halides is 3. The van der Waals surface area contributed by atoms with Crippen molar-refractivity contribution in [1.29, 1.82) is 0 Å². The van der Waals surface area contributed by atoms with Crippen molar-refractivity contribution in [3.05, 3.63) is 100 Å². The molecule has 0 bridgehead atoms. The molecule has 2 heterocycles. The standard InChI is InChI=1S/C25H18ClF3N2O3/c1-15-5-11-21(31(15)23-4-2-3-20(30-23)24(32)33)19-13-18(26)10-12-22(19)34-14-16-6-8-17(9-7-16)25(27,28)29/h2-13H,14H2,1H3,(H,32,33). The van der Waals surface area contributed by atoms with Gasteiger partial charge in [0.25, 0.3) is 0 Å². The Morgan fingerprint density at radius 1 is 1.06 bits per heavy atom. The second kappa shape index (κ2) is 9.23. The molecule has 4 rings (SSSR count). The molecule has 5 nitrogen and oxygen atoms in total. The van der Waals surface area contributed by atoms with Gasteiger partial charge < -0.3 is 9.84 Å². The van der Waals surface area contributed by atoms with E-state index in [0.717, 1.165) is 17.8 Å². The summed E-state index contributed by atoms with van der Waals surface area (Å²) in [6.07, 6.45) is -4.40. The molecular formula is C25H18ClF3N2O3. The van der Waals surface area contributed by atoms with Crippen LogP contribution >= 0.6 is 11.6 Å². The predicted octanol–water partition coefficient (Wildman–Crippen LogP) is 6.80. The van der Waals surface area contributed by atoms with Gasteiger partial charge in [-0.15, -0.1) is 0 Å². The molecular weight excluding hydrogens is 469 g/mol. The fraction of sp³-hybridized carbons (Fsp3) is 0.120. The van der Waals surface area contributed by atoms with Gasteiger partial charge in [-0.2, -0.15) is 13.2 Å². The first-order chi connectivity index (χ1) is 16.1. The highest BCUT2D eigenvalue weighted by atomic mass is 35.5. The molecule has 4 aromatic rings. The maximum atomic E-state index is 12.8. The average Bonchev–Trinajstić information content (AvgIpc) is 3.19. The minimum Gasteiger partial charge on any atom is -0.488 e. The van der Waals surface area contributed by atoms with Crippen molar-refractivity contribution in [2.24, 2.45) is 0 Å². The summed E-state index contributed by atoms with van der Waals surface area (Å²) in [7, 11) is 0. The van der Waals surface area contributed by atoms with Gasteiger partial charge in [-0.3, -0.25) is 4.57 Å². The van der Waals surface area contributed by atoms with E-state index in [2.05, 4.69) is 4.98 Å². The molecule has 2 aromatic carbocycles. The SMILES string of the molecule is Cc1ccc(-c2cc(Cl)ccc2OCc2ccc(C(F)(F)F)cc2)n1-c1cccc(C(=O)O)n1. The van der Waals surface area contributed by atoms with Crippen molar-refractivity contribution in [1.82, 2.24) is 9.55 Å². The number of nitrogens with zero attached hydrogens (tertiary/aromatic N) is 2. The topological polar surface area (TPSA) is 64.3 Å². The van der Waals surface area contributed by atoms with E-state index in [9.17, 15) is 23.1 Å². The number of aryl methyl sites for hydroxylation is 1.